The van der Waals surface area contributed by atoms with Crippen LogP contribution in [0.25, 0.3) is 11.4 Å². The van der Waals surface area contributed by atoms with E-state index in [2.05, 4.69) is 65.5 Å². The highest BCUT2D eigenvalue weighted by Crippen LogP contribution is 2.26. The van der Waals surface area contributed by atoms with E-state index in [1.54, 1.807) is 7.11 Å². The molecule has 0 aliphatic carbocycles. The summed E-state index contributed by atoms with van der Waals surface area (Å²) >= 11 is 1.38. The van der Waals surface area contributed by atoms with Crippen molar-refractivity contribution in [3.8, 4) is 17.1 Å². The van der Waals surface area contributed by atoms with Crippen molar-refractivity contribution in [2.75, 3.05) is 36.2 Å². The second kappa shape index (κ2) is 10.9. The number of anilines is 2. The average molecular weight is 440 g/mol. The molecule has 0 fully saturated rings. The number of thioether (sulfide) groups is 1. The zero-order chi connectivity index (χ0) is 22.2. The third-order valence-electron chi connectivity index (χ3n) is 4.99. The lowest BCUT2D eigenvalue weighted by Crippen LogP contribution is -2.21. The van der Waals surface area contributed by atoms with Gasteiger partial charge in [0, 0.05) is 36.6 Å². The van der Waals surface area contributed by atoms with Gasteiger partial charge >= 0.3 is 0 Å². The zero-order valence-electron chi connectivity index (χ0n) is 18.5. The first-order chi connectivity index (χ1) is 15.1. The molecule has 3 rings (SSSR count). The summed E-state index contributed by atoms with van der Waals surface area (Å²) in [4.78, 5) is 14.7. The number of rotatable bonds is 10. The van der Waals surface area contributed by atoms with Crippen LogP contribution < -0.4 is 15.0 Å². The maximum Gasteiger partial charge on any atom is 0.234 e. The van der Waals surface area contributed by atoms with E-state index >= 15 is 0 Å². The zero-order valence-corrected chi connectivity index (χ0v) is 19.3. The number of nitrogens with zero attached hydrogens (tertiary/aromatic N) is 4. The van der Waals surface area contributed by atoms with Gasteiger partial charge in [0.15, 0.2) is 11.0 Å². The summed E-state index contributed by atoms with van der Waals surface area (Å²) in [5, 5.41) is 12.3. The first-order valence-electron chi connectivity index (χ1n) is 10.4. The molecule has 1 amide bonds. The molecule has 3 aromatic rings. The van der Waals surface area contributed by atoms with Crippen molar-refractivity contribution in [3.05, 3.63) is 48.5 Å². The van der Waals surface area contributed by atoms with Crippen LogP contribution in [0.3, 0.4) is 0 Å². The van der Waals surface area contributed by atoms with Crippen LogP contribution >= 0.6 is 11.8 Å². The Bertz CT molecular complexity index is 982. The minimum Gasteiger partial charge on any atom is -0.497 e. The molecule has 0 radical (unpaired) electrons. The number of carbonyl (C=O) groups excluding carboxylic acids is 1. The number of hydrogen-bond donors (Lipinski definition) is 1. The molecule has 1 heterocycles. The fourth-order valence-electron chi connectivity index (χ4n) is 3.31. The van der Waals surface area contributed by atoms with Crippen molar-refractivity contribution in [2.45, 2.75) is 32.5 Å². The van der Waals surface area contributed by atoms with Crippen molar-refractivity contribution in [2.24, 2.45) is 0 Å². The molecule has 2 aromatic carbocycles. The summed E-state index contributed by atoms with van der Waals surface area (Å²) in [6.45, 7) is 9.03. The van der Waals surface area contributed by atoms with Crippen LogP contribution in [0.15, 0.2) is 53.7 Å². The molecule has 1 N–H and O–H groups in total. The number of hydrogen-bond acceptors (Lipinski definition) is 6. The van der Waals surface area contributed by atoms with E-state index in [9.17, 15) is 4.79 Å². The molecule has 0 spiro atoms. The van der Waals surface area contributed by atoms with Crippen LogP contribution in [0.4, 0.5) is 11.4 Å². The summed E-state index contributed by atoms with van der Waals surface area (Å²) in [6, 6.07) is 15.6. The molecule has 31 heavy (non-hydrogen) atoms. The molecule has 0 unspecified atom stereocenters. The molecule has 0 atom stereocenters. The minimum atomic E-state index is -0.0917. The van der Waals surface area contributed by atoms with E-state index < -0.39 is 0 Å². The highest BCUT2D eigenvalue weighted by molar-refractivity contribution is 7.99. The minimum absolute atomic E-state index is 0.0917. The average Bonchev–Trinajstić information content (AvgIpc) is 3.22. The molecular weight excluding hydrogens is 410 g/mol. The van der Waals surface area contributed by atoms with Gasteiger partial charge in [-0.1, -0.05) is 11.8 Å². The van der Waals surface area contributed by atoms with E-state index in [1.807, 2.05) is 28.8 Å². The van der Waals surface area contributed by atoms with Crippen molar-refractivity contribution in [3.63, 3.8) is 0 Å². The van der Waals surface area contributed by atoms with Gasteiger partial charge < -0.3 is 19.5 Å². The molecular formula is C23H29N5O2S. The predicted octanol–water partition coefficient (Wildman–Crippen LogP) is 4.55. The maximum absolute atomic E-state index is 12.3. The van der Waals surface area contributed by atoms with Gasteiger partial charge in [-0.15, -0.1) is 10.2 Å². The van der Waals surface area contributed by atoms with Gasteiger partial charge in [-0.2, -0.15) is 0 Å². The molecule has 8 heteroatoms. The van der Waals surface area contributed by atoms with Crippen LogP contribution in [-0.2, 0) is 11.3 Å². The molecule has 0 saturated carbocycles. The van der Waals surface area contributed by atoms with E-state index in [0.717, 1.165) is 47.6 Å². The van der Waals surface area contributed by atoms with Crippen molar-refractivity contribution in [1.29, 1.82) is 0 Å². The molecule has 0 aliphatic rings. The van der Waals surface area contributed by atoms with Gasteiger partial charge in [-0.05, 0) is 69.3 Å². The first kappa shape index (κ1) is 22.7. The molecule has 7 nitrogen and oxygen atoms in total. The van der Waals surface area contributed by atoms with Crippen LogP contribution in [0.2, 0.25) is 0 Å². The second-order valence-electron chi connectivity index (χ2n) is 6.83. The SMILES string of the molecule is CCN(CC)c1ccc(-c2nnc(SCC(=O)Nc3ccc(OC)cc3)n2CC)cc1. The van der Waals surface area contributed by atoms with Crippen LogP contribution in [0, 0.1) is 0 Å². The quantitative estimate of drug-likeness (QED) is 0.467. The van der Waals surface area contributed by atoms with Crippen molar-refractivity contribution >= 4 is 29.0 Å². The number of carbonyl (C=O) groups is 1. The van der Waals surface area contributed by atoms with E-state index in [0.29, 0.717) is 0 Å². The fraction of sp³-hybridized carbons (Fsp3) is 0.348. The van der Waals surface area contributed by atoms with Gasteiger partial charge in [-0.3, -0.25) is 4.79 Å². The van der Waals surface area contributed by atoms with Gasteiger partial charge in [0.05, 0.1) is 12.9 Å². The lowest BCUT2D eigenvalue weighted by Gasteiger charge is -2.21. The van der Waals surface area contributed by atoms with E-state index in [-0.39, 0.29) is 11.7 Å². The number of benzene rings is 2. The number of ether oxygens (including phenoxy) is 1. The largest absolute Gasteiger partial charge is 0.497 e. The van der Waals surface area contributed by atoms with E-state index in [1.165, 1.54) is 17.4 Å². The van der Waals surface area contributed by atoms with Crippen molar-refractivity contribution < 1.29 is 9.53 Å². The highest BCUT2D eigenvalue weighted by Gasteiger charge is 2.15. The Morgan fingerprint density at radius 3 is 2.29 bits per heavy atom. The molecule has 0 bridgehead atoms. The predicted molar refractivity (Wildman–Crippen MR) is 127 cm³/mol. The Balaban J connectivity index is 1.66. The Hall–Kier alpha value is -3.00. The Morgan fingerprint density at radius 2 is 1.71 bits per heavy atom. The Labute approximate surface area is 187 Å². The highest BCUT2D eigenvalue weighted by atomic mass is 32.2. The van der Waals surface area contributed by atoms with Gasteiger partial charge in [-0.25, -0.2) is 0 Å². The number of nitrogens with one attached hydrogen (secondary N) is 1. The summed E-state index contributed by atoms with van der Waals surface area (Å²) < 4.78 is 7.18. The summed E-state index contributed by atoms with van der Waals surface area (Å²) in [6.07, 6.45) is 0. The van der Waals surface area contributed by atoms with Crippen LogP contribution in [0.5, 0.6) is 5.75 Å². The first-order valence-corrected chi connectivity index (χ1v) is 11.4. The summed E-state index contributed by atoms with van der Waals surface area (Å²) in [5.41, 5.74) is 2.94. The standard InChI is InChI=1S/C23H29N5O2S/c1-5-27(6-2)19-12-8-17(9-13-19)22-25-26-23(28(22)7-3)31-16-21(29)24-18-10-14-20(30-4)15-11-18/h8-15H,5-7,16H2,1-4H3,(H,24,29). The molecule has 1 aromatic heterocycles. The number of amides is 1. The molecule has 164 valence electrons. The normalized spacial score (nSPS) is 10.7. The Morgan fingerprint density at radius 1 is 1.03 bits per heavy atom. The fourth-order valence-corrected chi connectivity index (χ4v) is 4.11. The number of methoxy groups -OCH3 is 1. The third kappa shape index (κ3) is 5.58. The monoisotopic (exact) mass is 439 g/mol. The van der Waals surface area contributed by atoms with E-state index in [4.69, 9.17) is 4.74 Å². The van der Waals surface area contributed by atoms with Crippen molar-refractivity contribution in [1.82, 2.24) is 14.8 Å². The lowest BCUT2D eigenvalue weighted by atomic mass is 10.2. The molecule has 0 aliphatic heterocycles. The van der Waals surface area contributed by atoms with Gasteiger partial charge in [0.2, 0.25) is 5.91 Å². The summed E-state index contributed by atoms with van der Waals surface area (Å²) in [5.74, 6) is 1.73. The topological polar surface area (TPSA) is 72.3 Å². The maximum atomic E-state index is 12.3. The van der Waals surface area contributed by atoms with Crippen LogP contribution in [0.1, 0.15) is 20.8 Å². The lowest BCUT2D eigenvalue weighted by molar-refractivity contribution is -0.113. The number of aromatic nitrogens is 3. The molecule has 0 saturated heterocycles. The third-order valence-corrected chi connectivity index (χ3v) is 5.96. The van der Waals surface area contributed by atoms with Crippen LogP contribution in [-0.4, -0.2) is 46.6 Å². The van der Waals surface area contributed by atoms with Gasteiger partial charge in [0.25, 0.3) is 0 Å². The second-order valence-corrected chi connectivity index (χ2v) is 7.78. The Kier molecular flexibility index (Phi) is 7.94. The smallest absolute Gasteiger partial charge is 0.234 e. The summed E-state index contributed by atoms with van der Waals surface area (Å²) in [7, 11) is 1.61. The van der Waals surface area contributed by atoms with Gasteiger partial charge in [0.1, 0.15) is 5.75 Å².